The number of amides is 2. The minimum absolute atomic E-state index is 0.0371. The number of halogens is 1. The second-order valence-electron chi connectivity index (χ2n) is 5.84. The number of anilines is 1. The van der Waals surface area contributed by atoms with Crippen LogP contribution in [-0.2, 0) is 4.79 Å². The summed E-state index contributed by atoms with van der Waals surface area (Å²) in [5.41, 5.74) is 0.697. The van der Waals surface area contributed by atoms with Crippen molar-refractivity contribution in [2.45, 2.75) is 0 Å². The summed E-state index contributed by atoms with van der Waals surface area (Å²) in [6, 6.07) is 12.6. The van der Waals surface area contributed by atoms with Gasteiger partial charge in [0, 0.05) is 37.9 Å². The number of aromatic nitrogens is 1. The molecule has 3 rings (SSSR count). The Kier molecular flexibility index (Phi) is 5.63. The van der Waals surface area contributed by atoms with Crippen LogP contribution in [0.1, 0.15) is 10.4 Å². The van der Waals surface area contributed by atoms with Gasteiger partial charge in [0.2, 0.25) is 5.91 Å². The predicted molar refractivity (Wildman–Crippen MR) is 96.7 cm³/mol. The molecule has 0 bridgehead atoms. The van der Waals surface area contributed by atoms with Crippen LogP contribution in [0.2, 0.25) is 5.02 Å². The van der Waals surface area contributed by atoms with Crippen LogP contribution < -0.4 is 5.32 Å². The van der Waals surface area contributed by atoms with Gasteiger partial charge in [-0.1, -0.05) is 29.8 Å². The normalized spacial score (nSPS) is 15.0. The number of benzene rings is 1. The molecule has 1 N–H and O–H groups in total. The minimum atomic E-state index is -0.127. The first-order valence-electron chi connectivity index (χ1n) is 8.10. The lowest BCUT2D eigenvalue weighted by Gasteiger charge is -2.34. The van der Waals surface area contributed by atoms with Gasteiger partial charge in [0.1, 0.15) is 5.82 Å². The van der Waals surface area contributed by atoms with E-state index in [1.165, 1.54) is 6.20 Å². The van der Waals surface area contributed by atoms with Crippen LogP contribution in [-0.4, -0.2) is 59.3 Å². The van der Waals surface area contributed by atoms with Crippen molar-refractivity contribution < 1.29 is 9.59 Å². The van der Waals surface area contributed by atoms with E-state index in [0.29, 0.717) is 42.6 Å². The largest absolute Gasteiger partial charge is 0.336 e. The van der Waals surface area contributed by atoms with E-state index in [-0.39, 0.29) is 18.4 Å². The van der Waals surface area contributed by atoms with Gasteiger partial charge in [-0.3, -0.25) is 14.5 Å². The Hall–Kier alpha value is -2.44. The summed E-state index contributed by atoms with van der Waals surface area (Å²) in [5, 5.41) is 3.27. The predicted octanol–water partition coefficient (Wildman–Crippen LogP) is 2.13. The molecule has 0 spiro atoms. The first-order chi connectivity index (χ1) is 12.1. The Morgan fingerprint density at radius 1 is 1.04 bits per heavy atom. The molecule has 1 aromatic heterocycles. The van der Waals surface area contributed by atoms with Crippen molar-refractivity contribution >= 4 is 29.2 Å². The summed E-state index contributed by atoms with van der Waals surface area (Å²) in [6.07, 6.45) is 1.49. The molecule has 1 aliphatic heterocycles. The number of pyridine rings is 1. The van der Waals surface area contributed by atoms with Crippen LogP contribution in [0.25, 0.3) is 0 Å². The molecule has 130 valence electrons. The average molecular weight is 359 g/mol. The monoisotopic (exact) mass is 358 g/mol. The van der Waals surface area contributed by atoms with Crippen molar-refractivity contribution in [1.82, 2.24) is 14.8 Å². The maximum Gasteiger partial charge on any atom is 0.253 e. The molecule has 7 heteroatoms. The summed E-state index contributed by atoms with van der Waals surface area (Å²) >= 11 is 5.77. The van der Waals surface area contributed by atoms with Gasteiger partial charge in [0.25, 0.3) is 5.91 Å². The molecular weight excluding hydrogens is 340 g/mol. The summed E-state index contributed by atoms with van der Waals surface area (Å²) < 4.78 is 0. The highest BCUT2D eigenvalue weighted by Gasteiger charge is 2.23. The molecule has 1 saturated heterocycles. The average Bonchev–Trinajstić information content (AvgIpc) is 2.64. The van der Waals surface area contributed by atoms with E-state index < -0.39 is 0 Å². The van der Waals surface area contributed by atoms with Gasteiger partial charge in [0.05, 0.1) is 11.6 Å². The van der Waals surface area contributed by atoms with E-state index in [4.69, 9.17) is 11.6 Å². The maximum atomic E-state index is 12.4. The lowest BCUT2D eigenvalue weighted by atomic mass is 10.2. The Bertz CT molecular complexity index is 729. The Labute approximate surface area is 151 Å². The van der Waals surface area contributed by atoms with Crippen LogP contribution in [0.3, 0.4) is 0 Å². The fourth-order valence-electron chi connectivity index (χ4n) is 2.71. The number of nitrogens with one attached hydrogen (secondary N) is 1. The molecule has 1 aliphatic rings. The number of hydrogen-bond donors (Lipinski definition) is 1. The zero-order valence-corrected chi connectivity index (χ0v) is 14.4. The molecule has 0 aliphatic carbocycles. The van der Waals surface area contributed by atoms with Crippen molar-refractivity contribution in [3.63, 3.8) is 0 Å². The second kappa shape index (κ2) is 8.09. The van der Waals surface area contributed by atoms with Crippen molar-refractivity contribution in [2.24, 2.45) is 0 Å². The van der Waals surface area contributed by atoms with Crippen LogP contribution >= 0.6 is 11.6 Å². The molecule has 0 radical (unpaired) electrons. The van der Waals surface area contributed by atoms with Gasteiger partial charge < -0.3 is 10.2 Å². The standard InChI is InChI=1S/C18H19ClN4O2/c19-15-6-7-16(20-12-15)21-17(24)13-22-8-10-23(11-9-22)18(25)14-4-2-1-3-5-14/h1-7,12H,8-11,13H2,(H,20,21,24). The third kappa shape index (κ3) is 4.78. The Morgan fingerprint density at radius 3 is 2.40 bits per heavy atom. The van der Waals surface area contributed by atoms with Crippen molar-refractivity contribution in [1.29, 1.82) is 0 Å². The first-order valence-corrected chi connectivity index (χ1v) is 8.48. The van der Waals surface area contributed by atoms with Gasteiger partial charge in [0.15, 0.2) is 0 Å². The number of piperazine rings is 1. The zero-order chi connectivity index (χ0) is 17.6. The van der Waals surface area contributed by atoms with E-state index in [9.17, 15) is 9.59 Å². The fraction of sp³-hybridized carbons (Fsp3) is 0.278. The van der Waals surface area contributed by atoms with Gasteiger partial charge >= 0.3 is 0 Å². The van der Waals surface area contributed by atoms with E-state index in [0.717, 1.165) is 0 Å². The van der Waals surface area contributed by atoms with Crippen LogP contribution in [0.5, 0.6) is 0 Å². The third-order valence-corrected chi connectivity index (χ3v) is 4.27. The lowest BCUT2D eigenvalue weighted by Crippen LogP contribution is -2.50. The third-order valence-electron chi connectivity index (χ3n) is 4.04. The van der Waals surface area contributed by atoms with Gasteiger partial charge in [-0.15, -0.1) is 0 Å². The zero-order valence-electron chi connectivity index (χ0n) is 13.7. The van der Waals surface area contributed by atoms with Gasteiger partial charge in [-0.25, -0.2) is 4.98 Å². The molecule has 0 saturated carbocycles. The highest BCUT2D eigenvalue weighted by Crippen LogP contribution is 2.11. The molecule has 1 aromatic carbocycles. The van der Waals surface area contributed by atoms with Crippen molar-refractivity contribution in [3.8, 4) is 0 Å². The Morgan fingerprint density at radius 2 is 1.76 bits per heavy atom. The summed E-state index contributed by atoms with van der Waals surface area (Å²) in [6.45, 7) is 2.83. The molecule has 2 amide bonds. The quantitative estimate of drug-likeness (QED) is 0.909. The Balaban J connectivity index is 1.46. The minimum Gasteiger partial charge on any atom is -0.336 e. The highest BCUT2D eigenvalue weighted by atomic mass is 35.5. The van der Waals surface area contributed by atoms with E-state index >= 15 is 0 Å². The fourth-order valence-corrected chi connectivity index (χ4v) is 2.82. The van der Waals surface area contributed by atoms with Crippen LogP contribution in [0.4, 0.5) is 5.82 Å². The molecule has 25 heavy (non-hydrogen) atoms. The first kappa shape index (κ1) is 17.4. The van der Waals surface area contributed by atoms with Gasteiger partial charge in [-0.2, -0.15) is 0 Å². The molecule has 0 atom stereocenters. The van der Waals surface area contributed by atoms with Crippen molar-refractivity contribution in [2.75, 3.05) is 38.0 Å². The van der Waals surface area contributed by atoms with Gasteiger partial charge in [-0.05, 0) is 24.3 Å². The molecular formula is C18H19ClN4O2. The smallest absolute Gasteiger partial charge is 0.253 e. The van der Waals surface area contributed by atoms with E-state index in [2.05, 4.69) is 10.3 Å². The molecule has 2 heterocycles. The topological polar surface area (TPSA) is 65.5 Å². The second-order valence-corrected chi connectivity index (χ2v) is 6.28. The molecule has 1 fully saturated rings. The molecule has 2 aromatic rings. The summed E-state index contributed by atoms with van der Waals surface area (Å²) in [5.74, 6) is 0.389. The number of hydrogen-bond acceptors (Lipinski definition) is 4. The molecule has 6 nitrogen and oxygen atoms in total. The van der Waals surface area contributed by atoms with E-state index in [1.54, 1.807) is 12.1 Å². The summed E-state index contributed by atoms with van der Waals surface area (Å²) in [7, 11) is 0. The highest BCUT2D eigenvalue weighted by molar-refractivity contribution is 6.30. The van der Waals surface area contributed by atoms with E-state index in [1.807, 2.05) is 40.1 Å². The van der Waals surface area contributed by atoms with Crippen LogP contribution in [0.15, 0.2) is 48.7 Å². The number of carbonyl (C=O) groups excluding carboxylic acids is 2. The van der Waals surface area contributed by atoms with Crippen LogP contribution in [0, 0.1) is 0 Å². The lowest BCUT2D eigenvalue weighted by molar-refractivity contribution is -0.117. The summed E-state index contributed by atoms with van der Waals surface area (Å²) in [4.78, 5) is 32.4. The maximum absolute atomic E-state index is 12.4. The number of carbonyl (C=O) groups is 2. The SMILES string of the molecule is O=C(CN1CCN(C(=O)c2ccccc2)CC1)Nc1ccc(Cl)cn1. The number of rotatable bonds is 4. The molecule has 0 unspecified atom stereocenters. The number of nitrogens with zero attached hydrogens (tertiary/aromatic N) is 3. The van der Waals surface area contributed by atoms with Crippen molar-refractivity contribution in [3.05, 3.63) is 59.2 Å².